The summed E-state index contributed by atoms with van der Waals surface area (Å²) in [5.74, 6) is 0. The maximum atomic E-state index is 3.77. The Morgan fingerprint density at radius 2 is 1.36 bits per heavy atom. The van der Waals surface area contributed by atoms with Crippen LogP contribution in [0.3, 0.4) is 0 Å². The Morgan fingerprint density at radius 1 is 0.929 bits per heavy atom. The highest BCUT2D eigenvalue weighted by Gasteiger charge is 2.27. The fourth-order valence-electron chi connectivity index (χ4n) is 1.78. The zero-order valence-corrected chi connectivity index (χ0v) is 11.1. The zero-order chi connectivity index (χ0) is 11.0. The molecule has 14 heavy (non-hydrogen) atoms. The van der Waals surface area contributed by atoms with Gasteiger partial charge in [-0.15, -0.1) is 0 Å². The molecule has 0 spiro atoms. The molecule has 0 heterocycles. The first-order valence-electron chi connectivity index (χ1n) is 5.37. The van der Waals surface area contributed by atoms with E-state index >= 15 is 0 Å². The van der Waals surface area contributed by atoms with Gasteiger partial charge in [0.15, 0.2) is 0 Å². The molecule has 0 nitrogen and oxygen atoms in total. The quantitative estimate of drug-likeness (QED) is 0.583. The second-order valence-electron chi connectivity index (χ2n) is 5.76. The Hall–Kier alpha value is -0.170. The Kier molecular flexibility index (Phi) is 3.20. The van der Waals surface area contributed by atoms with Gasteiger partial charge in [-0.05, 0) is 50.3 Å². The van der Waals surface area contributed by atoms with Crippen LogP contribution >= 0.6 is 0 Å². The van der Waals surface area contributed by atoms with Gasteiger partial charge in [0.25, 0.3) is 0 Å². The lowest BCUT2D eigenvalue weighted by Crippen LogP contribution is -2.22. The van der Waals surface area contributed by atoms with Gasteiger partial charge in [0.1, 0.15) is 4.75 Å². The van der Waals surface area contributed by atoms with E-state index in [1.807, 2.05) is 0 Å². The van der Waals surface area contributed by atoms with Crippen molar-refractivity contribution in [1.29, 1.82) is 0 Å². The molecular formula is C13H23S+. The predicted octanol–water partition coefficient (Wildman–Crippen LogP) is 3.47. The van der Waals surface area contributed by atoms with Gasteiger partial charge in [-0.2, -0.15) is 0 Å². The van der Waals surface area contributed by atoms with Gasteiger partial charge in [-0.1, -0.05) is 38.5 Å². The van der Waals surface area contributed by atoms with Crippen LogP contribution in [0.25, 0.3) is 0 Å². The minimum Gasteiger partial charge on any atom is -0.0645 e. The molecule has 0 aliphatic heterocycles. The zero-order valence-electron chi connectivity index (χ0n) is 10.1. The van der Waals surface area contributed by atoms with Crippen molar-refractivity contribution in [1.82, 2.24) is 0 Å². The van der Waals surface area contributed by atoms with Crippen LogP contribution in [0.2, 0.25) is 0 Å². The van der Waals surface area contributed by atoms with E-state index in [9.17, 15) is 0 Å². The summed E-state index contributed by atoms with van der Waals surface area (Å²) in [7, 11) is 0. The monoisotopic (exact) mass is 211 g/mol. The van der Waals surface area contributed by atoms with Gasteiger partial charge < -0.3 is 0 Å². The van der Waals surface area contributed by atoms with Gasteiger partial charge in [0, 0.05) is 0 Å². The lowest BCUT2D eigenvalue weighted by molar-refractivity contribution is 0.477. The number of allylic oxidation sites excluding steroid dienone is 3. The molecule has 0 amide bonds. The summed E-state index contributed by atoms with van der Waals surface area (Å²) in [6, 6.07) is 0. The Morgan fingerprint density at radius 3 is 1.64 bits per heavy atom. The van der Waals surface area contributed by atoms with Crippen molar-refractivity contribution in [2.24, 2.45) is 5.41 Å². The standard InChI is InChI=1S/C13H22S/c1-12(2,3)10-6-8-11(9-7-10)13(4,5)14/h6,8,14H,7,9H2,1-5H3/p+1. The van der Waals surface area contributed by atoms with Gasteiger partial charge in [-0.3, -0.25) is 0 Å². The first-order chi connectivity index (χ1) is 6.21. The normalized spacial score (nSPS) is 19.0. The maximum Gasteiger partial charge on any atom is 0.139 e. The second-order valence-corrected chi connectivity index (χ2v) is 7.01. The summed E-state index contributed by atoms with van der Waals surface area (Å²) in [5, 5.41) is 0. The summed E-state index contributed by atoms with van der Waals surface area (Å²) < 4.78 is 0.153. The molecular weight excluding hydrogens is 188 g/mol. The molecule has 0 aromatic rings. The van der Waals surface area contributed by atoms with Crippen molar-refractivity contribution in [3.8, 4) is 0 Å². The van der Waals surface area contributed by atoms with Crippen LogP contribution in [0.4, 0.5) is 0 Å². The molecule has 1 aliphatic carbocycles. The smallest absolute Gasteiger partial charge is 0.0645 e. The summed E-state index contributed by atoms with van der Waals surface area (Å²) in [5.41, 5.74) is 3.40. The molecule has 0 saturated heterocycles. The molecule has 80 valence electrons. The van der Waals surface area contributed by atoms with Crippen molar-refractivity contribution in [2.75, 3.05) is 0 Å². The van der Waals surface area contributed by atoms with Crippen molar-refractivity contribution in [2.45, 2.75) is 52.2 Å². The first-order valence-corrected chi connectivity index (χ1v) is 5.87. The lowest BCUT2D eigenvalue weighted by atomic mass is 9.79. The van der Waals surface area contributed by atoms with Gasteiger partial charge in [-0.25, -0.2) is 0 Å². The number of hydrogen-bond acceptors (Lipinski definition) is 0. The lowest BCUT2D eigenvalue weighted by Gasteiger charge is -2.28. The Labute approximate surface area is 93.9 Å². The average molecular weight is 211 g/mol. The van der Waals surface area contributed by atoms with Gasteiger partial charge in [0.05, 0.1) is 0 Å². The molecule has 0 aromatic carbocycles. The van der Waals surface area contributed by atoms with Crippen LogP contribution in [0, 0.1) is 5.41 Å². The van der Waals surface area contributed by atoms with Crippen LogP contribution in [-0.4, -0.2) is 4.75 Å². The molecule has 1 aliphatic rings. The van der Waals surface area contributed by atoms with Crippen LogP contribution in [0.15, 0.2) is 23.3 Å². The maximum absolute atomic E-state index is 3.77. The fourth-order valence-corrected chi connectivity index (χ4v) is 1.99. The molecule has 1 rings (SSSR count). The number of rotatable bonds is 1. The highest BCUT2D eigenvalue weighted by Crippen LogP contribution is 2.35. The average Bonchev–Trinajstić information content (AvgIpc) is 2.01. The fraction of sp³-hybridized carbons (Fsp3) is 0.692. The van der Waals surface area contributed by atoms with Crippen LogP contribution < -0.4 is 0 Å². The highest BCUT2D eigenvalue weighted by molar-refractivity contribution is 7.60. The van der Waals surface area contributed by atoms with E-state index in [1.54, 1.807) is 5.57 Å². The van der Waals surface area contributed by atoms with Crippen LogP contribution in [0.1, 0.15) is 47.5 Å². The molecule has 0 radical (unpaired) electrons. The predicted molar refractivity (Wildman–Crippen MR) is 69.1 cm³/mol. The molecule has 0 atom stereocenters. The molecule has 0 N–H and O–H groups in total. The second kappa shape index (κ2) is 3.77. The van der Waals surface area contributed by atoms with E-state index in [0.717, 1.165) is 0 Å². The number of hydrogen-bond donors (Lipinski definition) is 0. The van der Waals surface area contributed by atoms with E-state index in [-0.39, 0.29) is 4.75 Å². The van der Waals surface area contributed by atoms with E-state index < -0.39 is 0 Å². The van der Waals surface area contributed by atoms with Crippen molar-refractivity contribution < 1.29 is 0 Å². The van der Waals surface area contributed by atoms with Crippen molar-refractivity contribution in [3.05, 3.63) is 23.3 Å². The summed E-state index contributed by atoms with van der Waals surface area (Å²) in [6.45, 7) is 11.3. The molecule has 0 fully saturated rings. The molecule has 1 heteroatoms. The summed E-state index contributed by atoms with van der Waals surface area (Å²) >= 11 is 3.77. The molecule has 0 saturated carbocycles. The van der Waals surface area contributed by atoms with E-state index in [4.69, 9.17) is 0 Å². The SMILES string of the molecule is CC(C)(C)C1=CC=C(C(C)(C)[SH2+])CC1. The third kappa shape index (κ3) is 2.91. The summed E-state index contributed by atoms with van der Waals surface area (Å²) in [4.78, 5) is 0. The van der Waals surface area contributed by atoms with Crippen molar-refractivity contribution >= 4 is 12.6 Å². The van der Waals surface area contributed by atoms with E-state index in [0.29, 0.717) is 5.41 Å². The topological polar surface area (TPSA) is 0 Å². The minimum atomic E-state index is 0.153. The summed E-state index contributed by atoms with van der Waals surface area (Å²) in [6.07, 6.45) is 7.00. The molecule has 0 aromatic heterocycles. The molecule has 0 unspecified atom stereocenters. The Bertz CT molecular complexity index is 239. The van der Waals surface area contributed by atoms with Gasteiger partial charge >= 0.3 is 0 Å². The highest BCUT2D eigenvalue weighted by atomic mass is 32.1. The first kappa shape index (κ1) is 11.9. The largest absolute Gasteiger partial charge is 0.139 e. The van der Waals surface area contributed by atoms with Crippen LogP contribution in [0.5, 0.6) is 0 Å². The third-order valence-corrected chi connectivity index (χ3v) is 3.24. The third-order valence-electron chi connectivity index (χ3n) is 2.92. The molecule has 0 bridgehead atoms. The van der Waals surface area contributed by atoms with Gasteiger partial charge in [0.2, 0.25) is 0 Å². The van der Waals surface area contributed by atoms with E-state index in [2.05, 4.69) is 59.4 Å². The van der Waals surface area contributed by atoms with Crippen LogP contribution in [-0.2, 0) is 12.6 Å². The van der Waals surface area contributed by atoms with Crippen molar-refractivity contribution in [3.63, 3.8) is 0 Å². The Balaban J connectivity index is 2.85. The minimum absolute atomic E-state index is 0.153. The van der Waals surface area contributed by atoms with E-state index in [1.165, 1.54) is 18.4 Å².